The molecule has 0 amide bonds. The molecule has 2 rings (SSSR count). The van der Waals surface area contributed by atoms with E-state index in [1.807, 2.05) is 27.8 Å². The predicted molar refractivity (Wildman–Crippen MR) is 61.6 cm³/mol. The van der Waals surface area contributed by atoms with Crippen LogP contribution in [0.15, 0.2) is 24.0 Å². The lowest BCUT2D eigenvalue weighted by Crippen LogP contribution is -2.24. The summed E-state index contributed by atoms with van der Waals surface area (Å²) in [6, 6.07) is 0. The van der Waals surface area contributed by atoms with E-state index in [4.69, 9.17) is 0 Å². The average molecular weight is 217 g/mol. The Labute approximate surface area is 94.8 Å². The van der Waals surface area contributed by atoms with Gasteiger partial charge < -0.3 is 4.57 Å². The quantitative estimate of drug-likeness (QED) is 0.669. The Hall–Kier alpha value is -1.64. The molecule has 16 heavy (non-hydrogen) atoms. The standard InChI is InChI=1S/C13H15NO2/c1-13(2,3)10-5-11(15)8-6-14(4)7-9(8)12(10)16/h5-7H,1-4H3. The van der Waals surface area contributed by atoms with E-state index in [2.05, 4.69) is 0 Å². The van der Waals surface area contributed by atoms with E-state index in [0.29, 0.717) is 16.7 Å². The van der Waals surface area contributed by atoms with Crippen LogP contribution in [-0.2, 0) is 7.05 Å². The number of carbonyl (C=O) groups excluding carboxylic acids is 2. The second kappa shape index (κ2) is 3.17. The van der Waals surface area contributed by atoms with Gasteiger partial charge in [0.15, 0.2) is 11.6 Å². The number of aryl methyl sites for hydroxylation is 1. The van der Waals surface area contributed by atoms with Gasteiger partial charge in [0.25, 0.3) is 0 Å². The van der Waals surface area contributed by atoms with Gasteiger partial charge in [-0.3, -0.25) is 9.59 Å². The first kappa shape index (κ1) is 10.9. The average Bonchev–Trinajstić information content (AvgIpc) is 2.52. The molecule has 1 aliphatic rings. The van der Waals surface area contributed by atoms with Gasteiger partial charge in [0.1, 0.15) is 0 Å². The molecule has 3 nitrogen and oxygen atoms in total. The molecule has 0 aliphatic heterocycles. The van der Waals surface area contributed by atoms with Gasteiger partial charge in [-0.25, -0.2) is 0 Å². The summed E-state index contributed by atoms with van der Waals surface area (Å²) < 4.78 is 1.75. The monoisotopic (exact) mass is 217 g/mol. The summed E-state index contributed by atoms with van der Waals surface area (Å²) >= 11 is 0. The van der Waals surface area contributed by atoms with E-state index in [1.165, 1.54) is 6.08 Å². The van der Waals surface area contributed by atoms with Crippen molar-refractivity contribution in [1.82, 2.24) is 4.57 Å². The zero-order valence-electron chi connectivity index (χ0n) is 10.00. The first-order valence-corrected chi connectivity index (χ1v) is 5.28. The molecule has 0 radical (unpaired) electrons. The number of Topliss-reactive ketones (excluding diaryl/α,β-unsaturated/α-hetero) is 1. The fourth-order valence-electron chi connectivity index (χ4n) is 1.94. The van der Waals surface area contributed by atoms with Crippen LogP contribution in [0.1, 0.15) is 41.5 Å². The predicted octanol–water partition coefficient (Wildman–Crippen LogP) is 2.38. The summed E-state index contributed by atoms with van der Waals surface area (Å²) in [5, 5.41) is 0. The Kier molecular flexibility index (Phi) is 2.15. The molecule has 1 aromatic heterocycles. The van der Waals surface area contributed by atoms with E-state index in [-0.39, 0.29) is 17.0 Å². The van der Waals surface area contributed by atoms with Crippen LogP contribution in [-0.4, -0.2) is 16.1 Å². The summed E-state index contributed by atoms with van der Waals surface area (Å²) in [6.07, 6.45) is 4.89. The number of ketones is 2. The first-order chi connectivity index (χ1) is 7.30. The second-order valence-corrected chi connectivity index (χ2v) is 5.25. The highest BCUT2D eigenvalue weighted by Gasteiger charge is 2.32. The highest BCUT2D eigenvalue weighted by atomic mass is 16.1. The van der Waals surface area contributed by atoms with Gasteiger partial charge >= 0.3 is 0 Å². The smallest absolute Gasteiger partial charge is 0.191 e. The maximum absolute atomic E-state index is 12.2. The highest BCUT2D eigenvalue weighted by Crippen LogP contribution is 2.33. The Balaban J connectivity index is 2.59. The second-order valence-electron chi connectivity index (χ2n) is 5.25. The molecule has 3 heteroatoms. The normalized spacial score (nSPS) is 16.1. The number of carbonyl (C=O) groups is 2. The Morgan fingerprint density at radius 1 is 1.06 bits per heavy atom. The van der Waals surface area contributed by atoms with Crippen molar-refractivity contribution in [3.8, 4) is 0 Å². The summed E-state index contributed by atoms with van der Waals surface area (Å²) in [6.45, 7) is 5.83. The summed E-state index contributed by atoms with van der Waals surface area (Å²) in [4.78, 5) is 24.0. The summed E-state index contributed by atoms with van der Waals surface area (Å²) in [7, 11) is 1.82. The third-order valence-electron chi connectivity index (χ3n) is 2.79. The number of aromatic nitrogens is 1. The van der Waals surface area contributed by atoms with Gasteiger partial charge in [-0.2, -0.15) is 0 Å². The molecule has 0 unspecified atom stereocenters. The van der Waals surface area contributed by atoms with E-state index in [1.54, 1.807) is 17.0 Å². The fourth-order valence-corrected chi connectivity index (χ4v) is 1.94. The lowest BCUT2D eigenvalue weighted by Gasteiger charge is -2.24. The zero-order valence-corrected chi connectivity index (χ0v) is 10.00. The van der Waals surface area contributed by atoms with Crippen molar-refractivity contribution in [3.63, 3.8) is 0 Å². The molecule has 84 valence electrons. The van der Waals surface area contributed by atoms with E-state index >= 15 is 0 Å². The number of hydrogen-bond acceptors (Lipinski definition) is 2. The number of rotatable bonds is 0. The van der Waals surface area contributed by atoms with Crippen molar-refractivity contribution in [2.24, 2.45) is 12.5 Å². The zero-order chi connectivity index (χ0) is 12.1. The summed E-state index contributed by atoms with van der Waals surface area (Å²) in [5.74, 6) is -0.0946. The van der Waals surface area contributed by atoms with Crippen molar-refractivity contribution in [1.29, 1.82) is 0 Å². The van der Waals surface area contributed by atoms with Crippen LogP contribution in [0.2, 0.25) is 0 Å². The third-order valence-corrected chi connectivity index (χ3v) is 2.79. The molecule has 0 fully saturated rings. The Morgan fingerprint density at radius 3 is 2.19 bits per heavy atom. The molecule has 0 bridgehead atoms. The molecular weight excluding hydrogens is 202 g/mol. The van der Waals surface area contributed by atoms with Gasteiger partial charge in [-0.1, -0.05) is 20.8 Å². The maximum Gasteiger partial charge on any atom is 0.191 e. The molecule has 0 spiro atoms. The van der Waals surface area contributed by atoms with Gasteiger partial charge in [-0.15, -0.1) is 0 Å². The van der Waals surface area contributed by atoms with Gasteiger partial charge in [-0.05, 0) is 11.5 Å². The van der Waals surface area contributed by atoms with Gasteiger partial charge in [0, 0.05) is 25.0 Å². The van der Waals surface area contributed by atoms with Crippen LogP contribution in [0.5, 0.6) is 0 Å². The van der Waals surface area contributed by atoms with E-state index in [9.17, 15) is 9.59 Å². The summed E-state index contributed by atoms with van der Waals surface area (Å²) in [5.41, 5.74) is 1.34. The van der Waals surface area contributed by atoms with Crippen LogP contribution < -0.4 is 0 Å². The Morgan fingerprint density at radius 2 is 1.62 bits per heavy atom. The minimum absolute atomic E-state index is 0.0253. The van der Waals surface area contributed by atoms with E-state index < -0.39 is 0 Å². The van der Waals surface area contributed by atoms with Crippen molar-refractivity contribution < 1.29 is 9.59 Å². The number of allylic oxidation sites excluding steroid dienone is 2. The molecule has 0 saturated carbocycles. The van der Waals surface area contributed by atoms with Gasteiger partial charge in [0.05, 0.1) is 11.1 Å². The molecule has 0 atom stereocenters. The number of nitrogens with zero attached hydrogens (tertiary/aromatic N) is 1. The van der Waals surface area contributed by atoms with Crippen LogP contribution in [0.4, 0.5) is 0 Å². The van der Waals surface area contributed by atoms with Crippen molar-refractivity contribution >= 4 is 11.6 Å². The minimum atomic E-state index is -0.291. The van der Waals surface area contributed by atoms with Crippen LogP contribution in [0, 0.1) is 5.41 Å². The number of fused-ring (bicyclic) bond motifs is 1. The lowest BCUT2D eigenvalue weighted by molar-refractivity contribution is 0.0968. The van der Waals surface area contributed by atoms with Crippen molar-refractivity contribution in [2.75, 3.05) is 0 Å². The van der Waals surface area contributed by atoms with Crippen LogP contribution >= 0.6 is 0 Å². The molecule has 0 aromatic carbocycles. The minimum Gasteiger partial charge on any atom is -0.356 e. The topological polar surface area (TPSA) is 39.1 Å². The third kappa shape index (κ3) is 1.52. The van der Waals surface area contributed by atoms with Gasteiger partial charge in [0.2, 0.25) is 0 Å². The lowest BCUT2D eigenvalue weighted by atomic mass is 9.78. The molecule has 1 heterocycles. The molecule has 1 aliphatic carbocycles. The van der Waals surface area contributed by atoms with E-state index in [0.717, 1.165) is 0 Å². The maximum atomic E-state index is 12.2. The molecule has 0 N–H and O–H groups in total. The Bertz CT molecular complexity index is 513. The van der Waals surface area contributed by atoms with Crippen LogP contribution in [0.25, 0.3) is 0 Å². The molecule has 1 aromatic rings. The molecule has 0 saturated heterocycles. The van der Waals surface area contributed by atoms with Crippen molar-refractivity contribution in [2.45, 2.75) is 20.8 Å². The van der Waals surface area contributed by atoms with Crippen molar-refractivity contribution in [3.05, 3.63) is 35.2 Å². The van der Waals surface area contributed by atoms with Crippen LogP contribution in [0.3, 0.4) is 0 Å². The molecular formula is C13H15NO2. The highest BCUT2D eigenvalue weighted by molar-refractivity contribution is 6.24. The first-order valence-electron chi connectivity index (χ1n) is 5.28. The fraction of sp³-hybridized carbons (Fsp3) is 0.385. The number of hydrogen-bond donors (Lipinski definition) is 0. The largest absolute Gasteiger partial charge is 0.356 e. The SMILES string of the molecule is Cn1cc2c(c1)C(=O)C(C(C)(C)C)=CC2=O.